The summed E-state index contributed by atoms with van der Waals surface area (Å²) in [6, 6.07) is 0. The lowest BCUT2D eigenvalue weighted by Gasteiger charge is -2.31. The summed E-state index contributed by atoms with van der Waals surface area (Å²) in [6.07, 6.45) is 6.30. The third-order valence-electron chi connectivity index (χ3n) is 5.41. The average molecular weight is 402 g/mol. The van der Waals surface area contributed by atoms with Gasteiger partial charge in [-0.25, -0.2) is 10.9 Å². The summed E-state index contributed by atoms with van der Waals surface area (Å²) >= 11 is 1.60. The number of amides is 2. The van der Waals surface area contributed by atoms with E-state index in [-0.39, 0.29) is 38.6 Å². The minimum absolute atomic E-state index is 0.00676. The molecule has 0 aromatic rings. The van der Waals surface area contributed by atoms with Gasteiger partial charge in [-0.3, -0.25) is 19.3 Å². The number of nitrogens with zero attached hydrogens (tertiary/aromatic N) is 1. The lowest BCUT2D eigenvalue weighted by Crippen LogP contribution is -2.38. The lowest BCUT2D eigenvalue weighted by molar-refractivity contribution is -0.139. The molecule has 0 spiro atoms. The molecule has 2 amide bonds. The van der Waals surface area contributed by atoms with Gasteiger partial charge in [-0.05, 0) is 43.6 Å². The standard InChI is InChI=1S/C20H35NO3S2/c1-6-26(5)13-16(22)15-9-7-14(8-10-15)12-21-18(23)11-17(19(21)24)25-20(2,3)4/h14-15,17,26H,6-13H2,1-5H3. The van der Waals surface area contributed by atoms with E-state index in [1.54, 1.807) is 11.8 Å². The number of carbonyl (C=O) groups is 3. The van der Waals surface area contributed by atoms with Gasteiger partial charge in [-0.1, -0.05) is 27.7 Å². The van der Waals surface area contributed by atoms with Crippen LogP contribution in [0.3, 0.4) is 0 Å². The van der Waals surface area contributed by atoms with E-state index in [1.165, 1.54) is 4.90 Å². The molecular formula is C20H35NO3S2. The number of Topliss-reactive ketones (excluding diaryl/α,β-unsaturated/α-hetero) is 1. The molecule has 4 nitrogen and oxygen atoms in total. The van der Waals surface area contributed by atoms with Gasteiger partial charge in [0.15, 0.2) is 0 Å². The van der Waals surface area contributed by atoms with Crippen LogP contribution in [0.5, 0.6) is 0 Å². The number of thioether (sulfide) groups is 1. The Hall–Kier alpha value is -0.490. The Kier molecular flexibility index (Phi) is 7.66. The van der Waals surface area contributed by atoms with E-state index in [0.717, 1.165) is 37.2 Å². The molecule has 150 valence electrons. The quantitative estimate of drug-likeness (QED) is 0.522. The molecule has 0 aromatic carbocycles. The zero-order valence-corrected chi connectivity index (χ0v) is 18.6. The van der Waals surface area contributed by atoms with Crippen LogP contribution < -0.4 is 0 Å². The number of carbonyl (C=O) groups excluding carboxylic acids is 3. The van der Waals surface area contributed by atoms with Crippen molar-refractivity contribution in [2.24, 2.45) is 11.8 Å². The first kappa shape index (κ1) is 21.8. The first-order valence-electron chi connectivity index (χ1n) is 9.84. The Morgan fingerprint density at radius 2 is 1.81 bits per heavy atom. The fourth-order valence-electron chi connectivity index (χ4n) is 3.80. The smallest absolute Gasteiger partial charge is 0.242 e. The van der Waals surface area contributed by atoms with Crippen molar-refractivity contribution in [2.75, 3.05) is 24.3 Å². The van der Waals surface area contributed by atoms with Gasteiger partial charge in [0.05, 0.1) is 5.25 Å². The third-order valence-corrected chi connectivity index (χ3v) is 8.70. The normalized spacial score (nSPS) is 29.2. The summed E-state index contributed by atoms with van der Waals surface area (Å²) in [7, 11) is -0.143. The Labute approximate surface area is 165 Å². The Morgan fingerprint density at radius 3 is 2.35 bits per heavy atom. The van der Waals surface area contributed by atoms with Gasteiger partial charge in [0.25, 0.3) is 0 Å². The van der Waals surface area contributed by atoms with E-state index < -0.39 is 0 Å². The predicted molar refractivity (Wildman–Crippen MR) is 113 cm³/mol. The first-order chi connectivity index (χ1) is 12.1. The van der Waals surface area contributed by atoms with E-state index in [0.29, 0.717) is 24.7 Å². The second-order valence-corrected chi connectivity index (χ2v) is 13.5. The third kappa shape index (κ3) is 6.01. The van der Waals surface area contributed by atoms with Crippen molar-refractivity contribution in [3.8, 4) is 0 Å². The van der Waals surface area contributed by atoms with Gasteiger partial charge in [0.2, 0.25) is 11.8 Å². The number of thiol groups is 1. The van der Waals surface area contributed by atoms with Crippen LogP contribution in [0.2, 0.25) is 0 Å². The minimum atomic E-state index is -0.224. The van der Waals surface area contributed by atoms with Crippen LogP contribution in [-0.2, 0) is 14.4 Å². The summed E-state index contributed by atoms with van der Waals surface area (Å²) in [5, 5.41) is -0.224. The number of hydrogen-bond acceptors (Lipinski definition) is 4. The van der Waals surface area contributed by atoms with Crippen molar-refractivity contribution in [1.82, 2.24) is 4.90 Å². The molecule has 2 rings (SSSR count). The topological polar surface area (TPSA) is 54.5 Å². The maximum atomic E-state index is 12.6. The molecule has 0 bridgehead atoms. The molecule has 0 radical (unpaired) electrons. The second-order valence-electron chi connectivity index (χ2n) is 8.78. The van der Waals surface area contributed by atoms with Gasteiger partial charge >= 0.3 is 0 Å². The molecule has 2 atom stereocenters. The van der Waals surface area contributed by atoms with Gasteiger partial charge in [0, 0.05) is 29.4 Å². The highest BCUT2D eigenvalue weighted by Crippen LogP contribution is 2.37. The molecule has 0 N–H and O–H groups in total. The van der Waals surface area contributed by atoms with Crippen LogP contribution in [0.1, 0.15) is 59.8 Å². The van der Waals surface area contributed by atoms with Crippen molar-refractivity contribution in [3.63, 3.8) is 0 Å². The molecule has 6 heteroatoms. The monoisotopic (exact) mass is 401 g/mol. The van der Waals surface area contributed by atoms with Crippen molar-refractivity contribution in [3.05, 3.63) is 0 Å². The van der Waals surface area contributed by atoms with Gasteiger partial charge in [-0.2, -0.15) is 0 Å². The summed E-state index contributed by atoms with van der Waals surface area (Å²) in [5.74, 6) is 2.85. The highest BCUT2D eigenvalue weighted by molar-refractivity contribution is 8.16. The highest BCUT2D eigenvalue weighted by atomic mass is 32.2. The van der Waals surface area contributed by atoms with Gasteiger partial charge in [0.1, 0.15) is 5.78 Å². The minimum Gasteiger partial charge on any atom is -0.299 e. The molecule has 2 fully saturated rings. The fourth-order valence-corrected chi connectivity index (χ4v) is 6.12. The second kappa shape index (κ2) is 9.13. The SMILES string of the molecule is CC[SH](C)CC(=O)C1CCC(CN2C(=O)CC(SC(C)(C)C)C2=O)CC1. The van der Waals surface area contributed by atoms with Crippen LogP contribution in [0.4, 0.5) is 0 Å². The van der Waals surface area contributed by atoms with Crippen LogP contribution in [-0.4, -0.2) is 56.8 Å². The molecule has 1 heterocycles. The number of hydrogen-bond donors (Lipinski definition) is 1. The number of ketones is 1. The number of likely N-dealkylation sites (tertiary alicyclic amines) is 1. The van der Waals surface area contributed by atoms with Crippen LogP contribution in [0.25, 0.3) is 0 Å². The van der Waals surface area contributed by atoms with Crippen molar-refractivity contribution < 1.29 is 14.4 Å². The molecule has 1 aliphatic heterocycles. The first-order valence-corrected chi connectivity index (χ1v) is 12.9. The fraction of sp³-hybridized carbons (Fsp3) is 0.850. The van der Waals surface area contributed by atoms with Gasteiger partial charge < -0.3 is 0 Å². The Bertz CT molecular complexity index is 536. The number of imide groups is 1. The zero-order chi connectivity index (χ0) is 19.5. The van der Waals surface area contributed by atoms with Crippen molar-refractivity contribution in [2.45, 2.75) is 69.8 Å². The summed E-state index contributed by atoms with van der Waals surface area (Å²) in [5.41, 5.74) is 0. The molecule has 0 aromatic heterocycles. The van der Waals surface area contributed by atoms with Crippen LogP contribution in [0.15, 0.2) is 0 Å². The van der Waals surface area contributed by atoms with E-state index in [2.05, 4.69) is 34.0 Å². The van der Waals surface area contributed by atoms with E-state index in [9.17, 15) is 14.4 Å². The molecule has 1 aliphatic carbocycles. The molecule has 2 aliphatic rings. The van der Waals surface area contributed by atoms with Gasteiger partial charge in [-0.15, -0.1) is 11.8 Å². The number of rotatable bonds is 7. The molecule has 1 saturated heterocycles. The summed E-state index contributed by atoms with van der Waals surface area (Å²) in [4.78, 5) is 38.8. The van der Waals surface area contributed by atoms with Crippen molar-refractivity contribution >= 4 is 40.3 Å². The zero-order valence-electron chi connectivity index (χ0n) is 16.9. The maximum absolute atomic E-state index is 12.6. The Morgan fingerprint density at radius 1 is 1.19 bits per heavy atom. The average Bonchev–Trinajstić information content (AvgIpc) is 2.81. The van der Waals surface area contributed by atoms with E-state index >= 15 is 0 Å². The molecule has 2 unspecified atom stereocenters. The predicted octanol–water partition coefficient (Wildman–Crippen LogP) is 3.67. The van der Waals surface area contributed by atoms with E-state index in [1.807, 2.05) is 0 Å². The summed E-state index contributed by atoms with van der Waals surface area (Å²) < 4.78 is -0.0216. The van der Waals surface area contributed by atoms with Crippen LogP contribution >= 0.6 is 22.7 Å². The summed E-state index contributed by atoms with van der Waals surface area (Å²) in [6.45, 7) is 8.95. The largest absolute Gasteiger partial charge is 0.299 e. The lowest BCUT2D eigenvalue weighted by atomic mass is 9.80. The van der Waals surface area contributed by atoms with E-state index in [4.69, 9.17) is 0 Å². The highest BCUT2D eigenvalue weighted by Gasteiger charge is 2.42. The molecular weight excluding hydrogens is 366 g/mol. The molecule has 26 heavy (non-hydrogen) atoms. The Balaban J connectivity index is 1.83. The molecule has 1 saturated carbocycles. The van der Waals surface area contributed by atoms with Crippen LogP contribution in [0, 0.1) is 11.8 Å². The maximum Gasteiger partial charge on any atom is 0.242 e. The van der Waals surface area contributed by atoms with Crippen molar-refractivity contribution in [1.29, 1.82) is 0 Å².